The summed E-state index contributed by atoms with van der Waals surface area (Å²) in [5.41, 5.74) is 1.47. The molecule has 0 saturated heterocycles. The number of rotatable bonds is 6. The highest BCUT2D eigenvalue weighted by Gasteiger charge is 2.08. The molecule has 1 aromatic rings. The smallest absolute Gasteiger partial charge is 0.118 e. The lowest BCUT2D eigenvalue weighted by atomic mass is 10.1. The Bertz CT molecular complexity index is 341. The molecule has 0 radical (unpaired) electrons. The fourth-order valence-electron chi connectivity index (χ4n) is 1.74. The van der Waals surface area contributed by atoms with Crippen LogP contribution < -0.4 is 15.4 Å². The second-order valence-corrected chi connectivity index (χ2v) is 5.63. The van der Waals surface area contributed by atoms with Crippen molar-refractivity contribution < 1.29 is 4.74 Å². The van der Waals surface area contributed by atoms with Gasteiger partial charge >= 0.3 is 0 Å². The molecule has 0 saturated carbocycles. The van der Waals surface area contributed by atoms with E-state index in [1.54, 1.807) is 7.11 Å². The average molecular weight is 250 g/mol. The van der Waals surface area contributed by atoms with E-state index in [2.05, 4.69) is 50.5 Å². The van der Waals surface area contributed by atoms with Crippen LogP contribution in [0.3, 0.4) is 0 Å². The number of benzene rings is 1. The molecule has 0 aliphatic carbocycles. The van der Waals surface area contributed by atoms with Gasteiger partial charge in [-0.05, 0) is 45.4 Å². The van der Waals surface area contributed by atoms with Crippen LogP contribution in [-0.2, 0) is 0 Å². The minimum atomic E-state index is 0.186. The van der Waals surface area contributed by atoms with E-state index in [1.165, 1.54) is 5.56 Å². The Labute approximate surface area is 111 Å². The van der Waals surface area contributed by atoms with Crippen LogP contribution in [0.5, 0.6) is 5.75 Å². The van der Waals surface area contributed by atoms with Gasteiger partial charge in [0.15, 0.2) is 0 Å². The second kappa shape index (κ2) is 6.76. The summed E-state index contributed by atoms with van der Waals surface area (Å²) in [4.78, 5) is 0. The minimum Gasteiger partial charge on any atom is -0.497 e. The maximum Gasteiger partial charge on any atom is 0.118 e. The quantitative estimate of drug-likeness (QED) is 0.762. The van der Waals surface area contributed by atoms with Gasteiger partial charge in [0.05, 0.1) is 7.11 Å². The predicted octanol–water partition coefficient (Wildman–Crippen LogP) is 2.73. The maximum atomic E-state index is 5.15. The molecule has 0 aliphatic heterocycles. The summed E-state index contributed by atoms with van der Waals surface area (Å²) >= 11 is 0. The van der Waals surface area contributed by atoms with Crippen LogP contribution in [0.1, 0.15) is 39.3 Å². The van der Waals surface area contributed by atoms with Crippen molar-refractivity contribution in [1.82, 2.24) is 10.6 Å². The lowest BCUT2D eigenvalue weighted by molar-refractivity contribution is 0.411. The van der Waals surface area contributed by atoms with Gasteiger partial charge in [-0.15, -0.1) is 0 Å². The molecule has 0 aromatic heterocycles. The van der Waals surface area contributed by atoms with Crippen LogP contribution in [0.25, 0.3) is 0 Å². The molecule has 0 amide bonds. The van der Waals surface area contributed by atoms with Gasteiger partial charge < -0.3 is 15.4 Å². The minimum absolute atomic E-state index is 0.186. The molecule has 1 aromatic carbocycles. The molecule has 0 unspecified atom stereocenters. The van der Waals surface area contributed by atoms with Crippen molar-refractivity contribution in [3.63, 3.8) is 0 Å². The number of methoxy groups -OCH3 is 1. The average Bonchev–Trinajstić information content (AvgIpc) is 2.33. The van der Waals surface area contributed by atoms with E-state index in [-0.39, 0.29) is 5.54 Å². The van der Waals surface area contributed by atoms with Crippen molar-refractivity contribution in [3.05, 3.63) is 29.8 Å². The van der Waals surface area contributed by atoms with E-state index in [0.29, 0.717) is 6.04 Å². The predicted molar refractivity (Wildman–Crippen MR) is 77.2 cm³/mol. The lowest BCUT2D eigenvalue weighted by Crippen LogP contribution is -2.40. The van der Waals surface area contributed by atoms with Crippen LogP contribution in [-0.4, -0.2) is 25.7 Å². The SMILES string of the molecule is COc1ccc([C@H](C)NCCNC(C)(C)C)cc1. The molecule has 1 rings (SSSR count). The van der Waals surface area contributed by atoms with Gasteiger partial charge in [0, 0.05) is 24.7 Å². The third-order valence-corrected chi connectivity index (χ3v) is 2.85. The fourth-order valence-corrected chi connectivity index (χ4v) is 1.74. The molecular formula is C15H26N2O. The van der Waals surface area contributed by atoms with Gasteiger partial charge in [0.2, 0.25) is 0 Å². The normalized spacial score (nSPS) is 13.4. The van der Waals surface area contributed by atoms with Crippen LogP contribution in [0, 0.1) is 0 Å². The molecule has 18 heavy (non-hydrogen) atoms. The molecule has 0 bridgehead atoms. The van der Waals surface area contributed by atoms with E-state index in [0.717, 1.165) is 18.8 Å². The summed E-state index contributed by atoms with van der Waals surface area (Å²) in [6.45, 7) is 10.7. The zero-order valence-electron chi connectivity index (χ0n) is 12.2. The monoisotopic (exact) mass is 250 g/mol. The molecule has 3 heteroatoms. The van der Waals surface area contributed by atoms with Gasteiger partial charge in [-0.1, -0.05) is 12.1 Å². The largest absolute Gasteiger partial charge is 0.497 e. The summed E-state index contributed by atoms with van der Waals surface area (Å²) in [7, 11) is 1.69. The molecule has 1 atom stereocenters. The molecule has 0 spiro atoms. The molecule has 102 valence electrons. The van der Waals surface area contributed by atoms with Crippen LogP contribution in [0.4, 0.5) is 0 Å². The summed E-state index contributed by atoms with van der Waals surface area (Å²) in [5, 5.41) is 6.97. The third-order valence-electron chi connectivity index (χ3n) is 2.85. The fraction of sp³-hybridized carbons (Fsp3) is 0.600. The first kappa shape index (κ1) is 15.0. The topological polar surface area (TPSA) is 33.3 Å². The Morgan fingerprint density at radius 2 is 1.72 bits per heavy atom. The van der Waals surface area contributed by atoms with Crippen LogP contribution >= 0.6 is 0 Å². The Morgan fingerprint density at radius 3 is 2.22 bits per heavy atom. The molecule has 0 fully saturated rings. The van der Waals surface area contributed by atoms with Gasteiger partial charge in [-0.3, -0.25) is 0 Å². The summed E-state index contributed by atoms with van der Waals surface area (Å²) in [5.74, 6) is 0.903. The number of hydrogen-bond acceptors (Lipinski definition) is 3. The van der Waals surface area contributed by atoms with Gasteiger partial charge in [-0.25, -0.2) is 0 Å². The highest BCUT2D eigenvalue weighted by molar-refractivity contribution is 5.28. The second-order valence-electron chi connectivity index (χ2n) is 5.63. The molecule has 2 N–H and O–H groups in total. The molecular weight excluding hydrogens is 224 g/mol. The summed E-state index contributed by atoms with van der Waals surface area (Å²) < 4.78 is 5.15. The van der Waals surface area contributed by atoms with Crippen molar-refractivity contribution in [2.24, 2.45) is 0 Å². The highest BCUT2D eigenvalue weighted by atomic mass is 16.5. The Balaban J connectivity index is 2.33. The first-order chi connectivity index (χ1) is 8.42. The summed E-state index contributed by atoms with van der Waals surface area (Å²) in [6, 6.07) is 8.57. The standard InChI is InChI=1S/C15H26N2O/c1-12(16-10-11-17-15(2,3)4)13-6-8-14(18-5)9-7-13/h6-9,12,16-17H,10-11H2,1-5H3/t12-/m0/s1. The van der Waals surface area contributed by atoms with E-state index >= 15 is 0 Å². The van der Waals surface area contributed by atoms with Crippen molar-refractivity contribution in [3.8, 4) is 5.75 Å². The van der Waals surface area contributed by atoms with Crippen molar-refractivity contribution in [2.45, 2.75) is 39.3 Å². The first-order valence-electron chi connectivity index (χ1n) is 6.55. The van der Waals surface area contributed by atoms with Crippen molar-refractivity contribution in [1.29, 1.82) is 0 Å². The van der Waals surface area contributed by atoms with Gasteiger partial charge in [-0.2, -0.15) is 0 Å². The van der Waals surface area contributed by atoms with Crippen molar-refractivity contribution >= 4 is 0 Å². The van der Waals surface area contributed by atoms with E-state index in [1.807, 2.05) is 12.1 Å². The number of ether oxygens (including phenoxy) is 1. The van der Waals surface area contributed by atoms with Crippen LogP contribution in [0.15, 0.2) is 24.3 Å². The first-order valence-corrected chi connectivity index (χ1v) is 6.55. The molecule has 0 heterocycles. The Kier molecular flexibility index (Phi) is 5.63. The molecule has 3 nitrogen and oxygen atoms in total. The highest BCUT2D eigenvalue weighted by Crippen LogP contribution is 2.16. The van der Waals surface area contributed by atoms with Gasteiger partial charge in [0.25, 0.3) is 0 Å². The Morgan fingerprint density at radius 1 is 1.11 bits per heavy atom. The van der Waals surface area contributed by atoms with Crippen LogP contribution in [0.2, 0.25) is 0 Å². The van der Waals surface area contributed by atoms with E-state index in [9.17, 15) is 0 Å². The zero-order chi connectivity index (χ0) is 13.6. The Hall–Kier alpha value is -1.06. The number of hydrogen-bond donors (Lipinski definition) is 2. The lowest BCUT2D eigenvalue weighted by Gasteiger charge is -2.22. The molecule has 0 aliphatic rings. The summed E-state index contributed by atoms with van der Waals surface area (Å²) in [6.07, 6.45) is 0. The van der Waals surface area contributed by atoms with Crippen molar-refractivity contribution in [2.75, 3.05) is 20.2 Å². The zero-order valence-corrected chi connectivity index (χ0v) is 12.2. The maximum absolute atomic E-state index is 5.15. The van der Waals surface area contributed by atoms with E-state index < -0.39 is 0 Å². The third kappa shape index (κ3) is 5.52. The number of nitrogens with one attached hydrogen (secondary N) is 2. The van der Waals surface area contributed by atoms with Gasteiger partial charge in [0.1, 0.15) is 5.75 Å². The van der Waals surface area contributed by atoms with E-state index in [4.69, 9.17) is 4.74 Å².